The van der Waals surface area contributed by atoms with E-state index in [1.165, 1.54) is 17.1 Å². The van der Waals surface area contributed by atoms with E-state index in [1.807, 2.05) is 24.2 Å². The number of pyridine rings is 1. The lowest BCUT2D eigenvalue weighted by Crippen LogP contribution is -2.01. The highest BCUT2D eigenvalue weighted by Crippen LogP contribution is 2.23. The predicted molar refractivity (Wildman–Crippen MR) is 53.9 cm³/mol. The molecule has 0 saturated carbocycles. The molecule has 0 bridgehead atoms. The molecule has 2 heterocycles. The van der Waals surface area contributed by atoms with E-state index in [2.05, 4.69) is 17.1 Å². The van der Waals surface area contributed by atoms with E-state index in [9.17, 15) is 0 Å². The summed E-state index contributed by atoms with van der Waals surface area (Å²) in [6.45, 7) is 1.89. The molecule has 1 aliphatic rings. The van der Waals surface area contributed by atoms with Crippen molar-refractivity contribution < 1.29 is 4.74 Å². The highest BCUT2D eigenvalue weighted by atomic mass is 32.2. The molecule has 0 spiro atoms. The second kappa shape index (κ2) is 4.63. The zero-order valence-corrected chi connectivity index (χ0v) is 8.30. The first-order chi connectivity index (χ1) is 6.45. The van der Waals surface area contributed by atoms with Crippen molar-refractivity contribution >= 4 is 11.8 Å². The van der Waals surface area contributed by atoms with Crippen molar-refractivity contribution in [2.24, 2.45) is 5.92 Å². The summed E-state index contributed by atoms with van der Waals surface area (Å²) in [6.07, 6.45) is 4.90. The van der Waals surface area contributed by atoms with Crippen LogP contribution in [0.15, 0.2) is 29.4 Å². The number of aromatic nitrogens is 1. The maximum Gasteiger partial charge on any atom is 0.0503 e. The third kappa shape index (κ3) is 2.71. The fourth-order valence-electron chi connectivity index (χ4n) is 1.36. The molecular formula is C10H13NOS. The number of hydrogen-bond acceptors (Lipinski definition) is 3. The van der Waals surface area contributed by atoms with Crippen molar-refractivity contribution in [2.45, 2.75) is 11.3 Å². The van der Waals surface area contributed by atoms with Crippen LogP contribution >= 0.6 is 11.8 Å². The van der Waals surface area contributed by atoms with Gasteiger partial charge in [-0.05, 0) is 24.5 Å². The normalized spacial score (nSPS) is 22.0. The predicted octanol–water partition coefficient (Wildman–Crippen LogP) is 2.21. The van der Waals surface area contributed by atoms with E-state index in [0.717, 1.165) is 19.1 Å². The van der Waals surface area contributed by atoms with Crippen molar-refractivity contribution in [2.75, 3.05) is 19.0 Å². The molecule has 0 amide bonds. The monoisotopic (exact) mass is 195 g/mol. The van der Waals surface area contributed by atoms with Crippen LogP contribution in [0.25, 0.3) is 0 Å². The van der Waals surface area contributed by atoms with E-state index >= 15 is 0 Å². The van der Waals surface area contributed by atoms with Crippen molar-refractivity contribution in [1.82, 2.24) is 4.98 Å². The minimum absolute atomic E-state index is 0.748. The van der Waals surface area contributed by atoms with Gasteiger partial charge in [-0.1, -0.05) is 0 Å². The van der Waals surface area contributed by atoms with Crippen LogP contribution in [0.4, 0.5) is 0 Å². The number of ether oxygens (including phenoxy) is 1. The Labute approximate surface area is 82.7 Å². The molecule has 2 rings (SSSR count). The summed E-state index contributed by atoms with van der Waals surface area (Å²) in [6, 6.07) is 4.11. The van der Waals surface area contributed by atoms with Crippen LogP contribution in [-0.2, 0) is 4.74 Å². The largest absolute Gasteiger partial charge is 0.381 e. The molecule has 70 valence electrons. The first kappa shape index (κ1) is 9.03. The maximum atomic E-state index is 5.32. The highest BCUT2D eigenvalue weighted by molar-refractivity contribution is 7.99. The molecule has 13 heavy (non-hydrogen) atoms. The van der Waals surface area contributed by atoms with Gasteiger partial charge in [-0.3, -0.25) is 4.98 Å². The van der Waals surface area contributed by atoms with Gasteiger partial charge in [-0.2, -0.15) is 0 Å². The van der Waals surface area contributed by atoms with Crippen LogP contribution in [0.2, 0.25) is 0 Å². The van der Waals surface area contributed by atoms with Crippen LogP contribution in [0.3, 0.4) is 0 Å². The van der Waals surface area contributed by atoms with Gasteiger partial charge >= 0.3 is 0 Å². The van der Waals surface area contributed by atoms with Crippen LogP contribution < -0.4 is 0 Å². The topological polar surface area (TPSA) is 22.1 Å². The smallest absolute Gasteiger partial charge is 0.0503 e. The molecule has 0 aliphatic carbocycles. The summed E-state index contributed by atoms with van der Waals surface area (Å²) in [5.41, 5.74) is 0. The molecule has 1 atom stereocenters. The van der Waals surface area contributed by atoms with Gasteiger partial charge in [0.1, 0.15) is 0 Å². The Morgan fingerprint density at radius 1 is 1.46 bits per heavy atom. The minimum Gasteiger partial charge on any atom is -0.381 e. The summed E-state index contributed by atoms with van der Waals surface area (Å²) in [4.78, 5) is 5.29. The van der Waals surface area contributed by atoms with Gasteiger partial charge in [0.25, 0.3) is 0 Å². The van der Waals surface area contributed by atoms with Gasteiger partial charge in [-0.15, -0.1) is 11.8 Å². The molecule has 1 fully saturated rings. The van der Waals surface area contributed by atoms with Crippen LogP contribution in [0.5, 0.6) is 0 Å². The molecule has 1 aromatic rings. The molecule has 0 radical (unpaired) electrons. The van der Waals surface area contributed by atoms with Gasteiger partial charge in [0.15, 0.2) is 0 Å². The Kier molecular flexibility index (Phi) is 3.22. The van der Waals surface area contributed by atoms with Crippen molar-refractivity contribution in [3.8, 4) is 0 Å². The van der Waals surface area contributed by atoms with Crippen molar-refractivity contribution in [3.63, 3.8) is 0 Å². The Hall–Kier alpha value is -0.540. The first-order valence-corrected chi connectivity index (χ1v) is 5.54. The minimum atomic E-state index is 0.748. The lowest BCUT2D eigenvalue weighted by Gasteiger charge is -2.05. The quantitative estimate of drug-likeness (QED) is 0.690. The highest BCUT2D eigenvalue weighted by Gasteiger charge is 2.15. The SMILES string of the molecule is c1cc(SCC2CCOC2)ccn1. The first-order valence-electron chi connectivity index (χ1n) is 4.56. The zero-order valence-electron chi connectivity index (χ0n) is 7.48. The second-order valence-electron chi connectivity index (χ2n) is 3.22. The molecule has 3 heteroatoms. The molecule has 1 aliphatic heterocycles. The molecule has 0 aromatic carbocycles. The van der Waals surface area contributed by atoms with E-state index in [4.69, 9.17) is 4.74 Å². The lowest BCUT2D eigenvalue weighted by atomic mass is 10.2. The van der Waals surface area contributed by atoms with E-state index < -0.39 is 0 Å². The fourth-order valence-corrected chi connectivity index (χ4v) is 2.37. The zero-order chi connectivity index (χ0) is 8.93. The third-order valence-electron chi connectivity index (χ3n) is 2.16. The molecule has 1 saturated heterocycles. The van der Waals surface area contributed by atoms with Crippen LogP contribution in [0, 0.1) is 5.92 Å². The van der Waals surface area contributed by atoms with Crippen LogP contribution in [0.1, 0.15) is 6.42 Å². The summed E-state index contributed by atoms with van der Waals surface area (Å²) in [7, 11) is 0. The third-order valence-corrected chi connectivity index (χ3v) is 3.40. The molecule has 0 N–H and O–H groups in total. The molecule has 1 aromatic heterocycles. The van der Waals surface area contributed by atoms with Crippen molar-refractivity contribution in [3.05, 3.63) is 24.5 Å². The Morgan fingerprint density at radius 3 is 3.00 bits per heavy atom. The Bertz CT molecular complexity index is 246. The number of thioether (sulfide) groups is 1. The average Bonchev–Trinajstić information content (AvgIpc) is 2.69. The standard InChI is InChI=1S/C10H13NOS/c1-4-11-5-2-10(1)13-8-9-3-6-12-7-9/h1-2,4-5,9H,3,6-8H2. The summed E-state index contributed by atoms with van der Waals surface area (Å²) >= 11 is 1.90. The molecule has 2 nitrogen and oxygen atoms in total. The Morgan fingerprint density at radius 2 is 2.31 bits per heavy atom. The number of rotatable bonds is 3. The maximum absolute atomic E-state index is 5.32. The van der Waals surface area contributed by atoms with Gasteiger partial charge < -0.3 is 4.74 Å². The van der Waals surface area contributed by atoms with Crippen molar-refractivity contribution in [1.29, 1.82) is 0 Å². The van der Waals surface area contributed by atoms with Gasteiger partial charge in [0.2, 0.25) is 0 Å². The van der Waals surface area contributed by atoms with Gasteiger partial charge in [0, 0.05) is 29.6 Å². The molecule has 1 unspecified atom stereocenters. The van der Waals surface area contributed by atoms with E-state index in [0.29, 0.717) is 0 Å². The summed E-state index contributed by atoms with van der Waals surface area (Å²) < 4.78 is 5.32. The number of nitrogens with zero attached hydrogens (tertiary/aromatic N) is 1. The van der Waals surface area contributed by atoms with Crippen LogP contribution in [-0.4, -0.2) is 24.0 Å². The molecular weight excluding hydrogens is 182 g/mol. The number of hydrogen-bond donors (Lipinski definition) is 0. The van der Waals surface area contributed by atoms with E-state index in [1.54, 1.807) is 0 Å². The fraction of sp³-hybridized carbons (Fsp3) is 0.500. The van der Waals surface area contributed by atoms with Gasteiger partial charge in [0.05, 0.1) is 6.61 Å². The van der Waals surface area contributed by atoms with E-state index in [-0.39, 0.29) is 0 Å². The second-order valence-corrected chi connectivity index (χ2v) is 4.32. The summed E-state index contributed by atoms with van der Waals surface area (Å²) in [5.74, 6) is 1.92. The Balaban J connectivity index is 1.79. The average molecular weight is 195 g/mol. The van der Waals surface area contributed by atoms with Gasteiger partial charge in [-0.25, -0.2) is 0 Å². The summed E-state index contributed by atoms with van der Waals surface area (Å²) in [5, 5.41) is 0. The lowest BCUT2D eigenvalue weighted by molar-refractivity contribution is 0.189.